The summed E-state index contributed by atoms with van der Waals surface area (Å²) in [5, 5.41) is 14.0. The zero-order valence-electron chi connectivity index (χ0n) is 5.87. The SMILES string of the molecule is CC1=N[N]CC1(C)[N+](=O)[O-]. The second-order valence-corrected chi connectivity index (χ2v) is 2.52. The summed E-state index contributed by atoms with van der Waals surface area (Å²) in [6.07, 6.45) is 0. The number of nitrogens with zero attached hydrogens (tertiary/aromatic N) is 3. The van der Waals surface area contributed by atoms with Crippen molar-refractivity contribution in [3.63, 3.8) is 0 Å². The van der Waals surface area contributed by atoms with Gasteiger partial charge in [-0.1, -0.05) is 0 Å². The van der Waals surface area contributed by atoms with Crippen LogP contribution >= 0.6 is 0 Å². The highest BCUT2D eigenvalue weighted by atomic mass is 16.6. The molecule has 0 bridgehead atoms. The van der Waals surface area contributed by atoms with Gasteiger partial charge in [0.15, 0.2) is 0 Å². The van der Waals surface area contributed by atoms with Crippen LogP contribution in [0, 0.1) is 10.1 Å². The molecule has 5 heteroatoms. The van der Waals surface area contributed by atoms with Gasteiger partial charge in [0.25, 0.3) is 5.54 Å². The summed E-state index contributed by atoms with van der Waals surface area (Å²) in [4.78, 5) is 10.1. The molecule has 0 spiro atoms. The van der Waals surface area contributed by atoms with E-state index < -0.39 is 5.54 Å². The van der Waals surface area contributed by atoms with Gasteiger partial charge in [-0.2, -0.15) is 10.5 Å². The Morgan fingerprint density at radius 2 is 2.40 bits per heavy atom. The van der Waals surface area contributed by atoms with Gasteiger partial charge in [-0.05, 0) is 6.92 Å². The Morgan fingerprint density at radius 3 is 2.60 bits per heavy atom. The first-order valence-corrected chi connectivity index (χ1v) is 2.93. The van der Waals surface area contributed by atoms with Gasteiger partial charge in [-0.3, -0.25) is 10.1 Å². The van der Waals surface area contributed by atoms with Crippen molar-refractivity contribution in [1.29, 1.82) is 0 Å². The number of nitro groups is 1. The fourth-order valence-electron chi connectivity index (χ4n) is 0.691. The average Bonchev–Trinajstić information content (AvgIpc) is 2.15. The molecular formula is C5H8N3O2. The van der Waals surface area contributed by atoms with Gasteiger partial charge in [0.2, 0.25) is 0 Å². The average molecular weight is 142 g/mol. The normalized spacial score (nSPS) is 31.2. The zero-order chi connectivity index (χ0) is 7.78. The third-order valence-corrected chi connectivity index (χ3v) is 1.78. The lowest BCUT2D eigenvalue weighted by molar-refractivity contribution is -0.538. The maximum Gasteiger partial charge on any atom is 0.279 e. The molecular weight excluding hydrogens is 134 g/mol. The number of hydrogen-bond donors (Lipinski definition) is 0. The summed E-state index contributed by atoms with van der Waals surface area (Å²) in [7, 11) is 0. The Bertz CT molecular complexity index is 201. The van der Waals surface area contributed by atoms with Gasteiger partial charge >= 0.3 is 0 Å². The van der Waals surface area contributed by atoms with Gasteiger partial charge in [0.1, 0.15) is 12.3 Å². The Labute approximate surface area is 58.3 Å². The summed E-state index contributed by atoms with van der Waals surface area (Å²) >= 11 is 0. The highest BCUT2D eigenvalue weighted by Crippen LogP contribution is 2.15. The summed E-state index contributed by atoms with van der Waals surface area (Å²) in [6.45, 7) is 3.33. The van der Waals surface area contributed by atoms with Crippen molar-refractivity contribution in [3.8, 4) is 0 Å². The third-order valence-electron chi connectivity index (χ3n) is 1.78. The summed E-state index contributed by atoms with van der Waals surface area (Å²) < 4.78 is 0. The van der Waals surface area contributed by atoms with Gasteiger partial charge in [0.05, 0.1) is 0 Å². The van der Waals surface area contributed by atoms with Crippen LogP contribution < -0.4 is 5.43 Å². The molecule has 0 N–H and O–H groups in total. The molecule has 5 nitrogen and oxygen atoms in total. The highest BCUT2D eigenvalue weighted by Gasteiger charge is 2.45. The fourth-order valence-corrected chi connectivity index (χ4v) is 0.691. The van der Waals surface area contributed by atoms with Gasteiger partial charge < -0.3 is 0 Å². The minimum Gasteiger partial charge on any atom is -0.263 e. The van der Waals surface area contributed by atoms with E-state index in [4.69, 9.17) is 0 Å². The van der Waals surface area contributed by atoms with E-state index in [1.807, 2.05) is 0 Å². The van der Waals surface area contributed by atoms with Crippen LogP contribution in [0.15, 0.2) is 5.10 Å². The molecule has 0 saturated heterocycles. The molecule has 55 valence electrons. The predicted molar refractivity (Wildman–Crippen MR) is 35.5 cm³/mol. The van der Waals surface area contributed by atoms with Crippen molar-refractivity contribution < 1.29 is 4.92 Å². The minimum absolute atomic E-state index is 0.172. The second kappa shape index (κ2) is 1.93. The van der Waals surface area contributed by atoms with E-state index in [1.54, 1.807) is 6.92 Å². The highest BCUT2D eigenvalue weighted by molar-refractivity contribution is 5.91. The van der Waals surface area contributed by atoms with Crippen LogP contribution in [-0.4, -0.2) is 22.7 Å². The lowest BCUT2D eigenvalue weighted by atomic mass is 10.00. The Morgan fingerprint density at radius 1 is 1.80 bits per heavy atom. The van der Waals surface area contributed by atoms with Crippen LogP contribution in [0.1, 0.15) is 13.8 Å². The van der Waals surface area contributed by atoms with Crippen molar-refractivity contribution in [2.75, 3.05) is 6.54 Å². The third kappa shape index (κ3) is 0.741. The maximum absolute atomic E-state index is 10.4. The Hall–Kier alpha value is -1.13. The van der Waals surface area contributed by atoms with Crippen LogP contribution in [0.2, 0.25) is 0 Å². The first-order chi connectivity index (χ1) is 4.57. The minimum atomic E-state index is -1.04. The Balaban J connectivity index is 2.89. The standard InChI is InChI=1S/C5H8N3O2/c1-4-5(2,8(9)10)3-6-7-4/h3H2,1-2H3. The lowest BCUT2D eigenvalue weighted by Gasteiger charge is -2.11. The molecule has 0 aromatic carbocycles. The van der Waals surface area contributed by atoms with Crippen LogP contribution in [-0.2, 0) is 0 Å². The molecule has 1 radical (unpaired) electrons. The van der Waals surface area contributed by atoms with E-state index >= 15 is 0 Å². The van der Waals surface area contributed by atoms with Gasteiger partial charge in [-0.25, -0.2) is 0 Å². The summed E-state index contributed by atoms with van der Waals surface area (Å²) in [5.41, 5.74) is 3.03. The largest absolute Gasteiger partial charge is 0.279 e. The molecule has 0 amide bonds. The van der Waals surface area contributed by atoms with Crippen molar-refractivity contribution in [3.05, 3.63) is 10.1 Å². The van der Waals surface area contributed by atoms with E-state index in [0.717, 1.165) is 0 Å². The fraction of sp³-hybridized carbons (Fsp3) is 0.800. The van der Waals surface area contributed by atoms with E-state index in [0.29, 0.717) is 5.71 Å². The number of rotatable bonds is 1. The summed E-state index contributed by atoms with van der Waals surface area (Å²) in [5.74, 6) is 0. The first-order valence-electron chi connectivity index (χ1n) is 2.93. The predicted octanol–water partition coefficient (Wildman–Crippen LogP) is 0.0157. The Kier molecular flexibility index (Phi) is 1.35. The molecule has 1 atom stereocenters. The quantitative estimate of drug-likeness (QED) is 0.382. The van der Waals surface area contributed by atoms with E-state index in [2.05, 4.69) is 10.5 Å². The molecule has 0 aromatic heterocycles. The van der Waals surface area contributed by atoms with Crippen LogP contribution in [0.3, 0.4) is 0 Å². The molecule has 1 heterocycles. The molecule has 1 aliphatic heterocycles. The monoisotopic (exact) mass is 142 g/mol. The van der Waals surface area contributed by atoms with Crippen molar-refractivity contribution in [2.45, 2.75) is 19.4 Å². The smallest absolute Gasteiger partial charge is 0.263 e. The van der Waals surface area contributed by atoms with Crippen LogP contribution in [0.4, 0.5) is 0 Å². The molecule has 1 unspecified atom stereocenters. The molecule has 1 rings (SSSR count). The number of hydrogen-bond acceptors (Lipinski definition) is 3. The topological polar surface area (TPSA) is 69.6 Å². The van der Waals surface area contributed by atoms with Crippen LogP contribution in [0.25, 0.3) is 0 Å². The summed E-state index contributed by atoms with van der Waals surface area (Å²) in [6, 6.07) is 0. The van der Waals surface area contributed by atoms with Gasteiger partial charge in [-0.15, -0.1) is 0 Å². The van der Waals surface area contributed by atoms with E-state index in [1.165, 1.54) is 6.92 Å². The zero-order valence-corrected chi connectivity index (χ0v) is 5.87. The molecule has 10 heavy (non-hydrogen) atoms. The molecule has 0 aromatic rings. The molecule has 0 fully saturated rings. The van der Waals surface area contributed by atoms with E-state index in [-0.39, 0.29) is 11.5 Å². The molecule has 0 aliphatic carbocycles. The van der Waals surface area contributed by atoms with Crippen molar-refractivity contribution >= 4 is 5.71 Å². The molecule has 0 saturated carbocycles. The van der Waals surface area contributed by atoms with Crippen molar-refractivity contribution in [1.82, 2.24) is 5.43 Å². The van der Waals surface area contributed by atoms with Crippen molar-refractivity contribution in [2.24, 2.45) is 5.10 Å². The van der Waals surface area contributed by atoms with Crippen LogP contribution in [0.5, 0.6) is 0 Å². The van der Waals surface area contributed by atoms with Gasteiger partial charge in [0, 0.05) is 11.8 Å². The van der Waals surface area contributed by atoms with E-state index in [9.17, 15) is 10.1 Å². The maximum atomic E-state index is 10.4. The lowest BCUT2D eigenvalue weighted by Crippen LogP contribution is -2.43. The molecule has 1 aliphatic rings. The second-order valence-electron chi connectivity index (χ2n) is 2.52. The first kappa shape index (κ1) is 6.98.